The molecule has 1 aliphatic heterocycles. The van der Waals surface area contributed by atoms with Crippen molar-refractivity contribution in [2.75, 3.05) is 6.54 Å². The van der Waals surface area contributed by atoms with Crippen LogP contribution < -0.4 is 0 Å². The van der Waals surface area contributed by atoms with Crippen molar-refractivity contribution in [3.8, 4) is 11.3 Å². The summed E-state index contributed by atoms with van der Waals surface area (Å²) in [5.74, 6) is 0. The number of aromatic amines is 1. The van der Waals surface area contributed by atoms with Crippen LogP contribution in [0.25, 0.3) is 11.3 Å². The van der Waals surface area contributed by atoms with E-state index in [2.05, 4.69) is 10.2 Å². The van der Waals surface area contributed by atoms with Crippen LogP contribution in [0.15, 0.2) is 24.3 Å². The highest BCUT2D eigenvalue weighted by Crippen LogP contribution is 2.39. The maximum absolute atomic E-state index is 13.1. The van der Waals surface area contributed by atoms with Gasteiger partial charge in [0.05, 0.1) is 28.6 Å². The molecule has 1 atom stereocenters. The average Bonchev–Trinajstić information content (AvgIpc) is 3.27. The zero-order valence-corrected chi connectivity index (χ0v) is 17.0. The first-order chi connectivity index (χ1) is 14.1. The van der Waals surface area contributed by atoms with Gasteiger partial charge in [-0.2, -0.15) is 31.4 Å². The lowest BCUT2D eigenvalue weighted by Crippen LogP contribution is -2.36. The fraction of sp³-hybridized carbons (Fsp3) is 0.500. The molecule has 1 saturated heterocycles. The van der Waals surface area contributed by atoms with Gasteiger partial charge in [0, 0.05) is 12.1 Å². The molecule has 1 aromatic carbocycles. The number of likely N-dealkylation sites (tertiary alicyclic amines) is 1. The second-order valence-corrected chi connectivity index (χ2v) is 8.33. The zero-order chi connectivity index (χ0) is 23.2. The number of nitrogens with zero attached hydrogens (tertiary/aromatic N) is 2. The Balaban J connectivity index is 1.94. The lowest BCUT2D eigenvalue weighted by atomic mass is 10.0. The Hall–Kier alpha value is -2.72. The molecule has 0 bridgehead atoms. The molecule has 11 heteroatoms. The Morgan fingerprint density at radius 1 is 1.03 bits per heavy atom. The van der Waals surface area contributed by atoms with Gasteiger partial charge >= 0.3 is 18.4 Å². The van der Waals surface area contributed by atoms with E-state index in [1.165, 1.54) is 11.0 Å². The van der Waals surface area contributed by atoms with Crippen molar-refractivity contribution in [3.63, 3.8) is 0 Å². The minimum atomic E-state index is -4.95. The first-order valence-corrected chi connectivity index (χ1v) is 9.50. The van der Waals surface area contributed by atoms with Gasteiger partial charge < -0.3 is 4.74 Å². The molecule has 170 valence electrons. The molecule has 31 heavy (non-hydrogen) atoms. The van der Waals surface area contributed by atoms with E-state index in [0.717, 1.165) is 0 Å². The summed E-state index contributed by atoms with van der Waals surface area (Å²) in [6, 6.07) is 2.20. The number of aromatic nitrogens is 2. The molecule has 0 saturated carbocycles. The molecule has 1 aromatic heterocycles. The van der Waals surface area contributed by atoms with Crippen LogP contribution in [0.1, 0.15) is 56.5 Å². The third-order valence-electron chi connectivity index (χ3n) is 4.72. The quantitative estimate of drug-likeness (QED) is 0.557. The summed E-state index contributed by atoms with van der Waals surface area (Å²) < 4.78 is 84.1. The fourth-order valence-electron chi connectivity index (χ4n) is 3.39. The van der Waals surface area contributed by atoms with Crippen molar-refractivity contribution in [2.45, 2.75) is 57.6 Å². The Morgan fingerprint density at radius 2 is 1.61 bits per heavy atom. The molecule has 1 fully saturated rings. The number of alkyl halides is 6. The van der Waals surface area contributed by atoms with E-state index in [-0.39, 0.29) is 17.3 Å². The highest BCUT2D eigenvalue weighted by molar-refractivity contribution is 5.69. The second kappa shape index (κ2) is 7.76. The number of hydrogen-bond donors (Lipinski definition) is 1. The van der Waals surface area contributed by atoms with E-state index in [1.807, 2.05) is 0 Å². The number of halogens is 6. The van der Waals surface area contributed by atoms with Gasteiger partial charge in [0.15, 0.2) is 0 Å². The molecule has 5 nitrogen and oxygen atoms in total. The van der Waals surface area contributed by atoms with Gasteiger partial charge in [0.2, 0.25) is 0 Å². The van der Waals surface area contributed by atoms with Crippen LogP contribution in [0.4, 0.5) is 31.1 Å². The third kappa shape index (κ3) is 5.31. The monoisotopic (exact) mass is 449 g/mol. The summed E-state index contributed by atoms with van der Waals surface area (Å²) >= 11 is 0. The molecule has 1 N–H and O–H groups in total. The van der Waals surface area contributed by atoms with Gasteiger partial charge in [0.1, 0.15) is 5.60 Å². The Bertz CT molecular complexity index is 927. The summed E-state index contributed by atoms with van der Waals surface area (Å²) in [7, 11) is 0. The van der Waals surface area contributed by atoms with E-state index in [0.29, 0.717) is 37.2 Å². The van der Waals surface area contributed by atoms with Gasteiger partial charge in [-0.05, 0) is 57.9 Å². The van der Waals surface area contributed by atoms with Crippen LogP contribution in [-0.4, -0.2) is 33.3 Å². The van der Waals surface area contributed by atoms with Crippen LogP contribution in [0.2, 0.25) is 0 Å². The Morgan fingerprint density at radius 3 is 2.13 bits per heavy atom. The second-order valence-electron chi connectivity index (χ2n) is 8.33. The maximum atomic E-state index is 13.1. The van der Waals surface area contributed by atoms with Crippen molar-refractivity contribution >= 4 is 6.09 Å². The SMILES string of the molecule is CC(C)(C)OC(=O)N1CCCC1c1cc(-c2cc(C(F)(F)F)cc(C(F)(F)F)c2)n[nH]1. The van der Waals surface area contributed by atoms with Gasteiger partial charge in [-0.3, -0.25) is 10.00 Å². The van der Waals surface area contributed by atoms with Crippen LogP contribution in [-0.2, 0) is 17.1 Å². The molecule has 0 spiro atoms. The largest absolute Gasteiger partial charge is 0.444 e. The molecule has 3 rings (SSSR count). The molecule has 1 aliphatic rings. The van der Waals surface area contributed by atoms with Gasteiger partial charge in [-0.1, -0.05) is 0 Å². The normalized spacial score (nSPS) is 17.8. The number of amides is 1. The summed E-state index contributed by atoms with van der Waals surface area (Å²) in [6.07, 6.45) is -9.23. The van der Waals surface area contributed by atoms with Crippen LogP contribution in [0.5, 0.6) is 0 Å². The number of H-pyrrole nitrogens is 1. The maximum Gasteiger partial charge on any atom is 0.416 e. The highest BCUT2D eigenvalue weighted by Gasteiger charge is 2.38. The molecule has 1 unspecified atom stereocenters. The van der Waals surface area contributed by atoms with E-state index >= 15 is 0 Å². The number of hydrogen-bond acceptors (Lipinski definition) is 3. The van der Waals surface area contributed by atoms with E-state index < -0.39 is 41.2 Å². The van der Waals surface area contributed by atoms with Gasteiger partial charge in [-0.25, -0.2) is 4.79 Å². The van der Waals surface area contributed by atoms with Crippen LogP contribution in [0, 0.1) is 0 Å². The summed E-state index contributed by atoms with van der Waals surface area (Å²) in [6.45, 7) is 5.57. The van der Waals surface area contributed by atoms with Gasteiger partial charge in [-0.15, -0.1) is 0 Å². The van der Waals surface area contributed by atoms with E-state index in [4.69, 9.17) is 4.74 Å². The van der Waals surface area contributed by atoms with Crippen molar-refractivity contribution in [1.82, 2.24) is 15.1 Å². The number of carbonyl (C=O) groups is 1. The first-order valence-electron chi connectivity index (χ1n) is 9.50. The van der Waals surface area contributed by atoms with E-state index in [1.54, 1.807) is 20.8 Å². The van der Waals surface area contributed by atoms with Crippen LogP contribution >= 0.6 is 0 Å². The van der Waals surface area contributed by atoms with Crippen molar-refractivity contribution in [1.29, 1.82) is 0 Å². The van der Waals surface area contributed by atoms with Crippen molar-refractivity contribution in [2.24, 2.45) is 0 Å². The van der Waals surface area contributed by atoms with Gasteiger partial charge in [0.25, 0.3) is 0 Å². The highest BCUT2D eigenvalue weighted by atomic mass is 19.4. The molecule has 1 amide bonds. The number of benzene rings is 1. The lowest BCUT2D eigenvalue weighted by Gasteiger charge is -2.28. The Labute approximate surface area is 174 Å². The molecule has 2 aromatic rings. The molecule has 2 heterocycles. The lowest BCUT2D eigenvalue weighted by molar-refractivity contribution is -0.143. The van der Waals surface area contributed by atoms with E-state index in [9.17, 15) is 31.1 Å². The number of ether oxygens (including phenoxy) is 1. The number of rotatable bonds is 2. The standard InChI is InChI=1S/C20H21F6N3O2/c1-18(2,3)31-17(30)29-6-4-5-16(29)15-10-14(27-28-15)11-7-12(19(21,22)23)9-13(8-11)20(24,25)26/h7-10,16H,4-6H2,1-3H3,(H,27,28). The summed E-state index contributed by atoms with van der Waals surface area (Å²) in [5, 5.41) is 6.56. The zero-order valence-electron chi connectivity index (χ0n) is 17.0. The average molecular weight is 449 g/mol. The van der Waals surface area contributed by atoms with Crippen LogP contribution in [0.3, 0.4) is 0 Å². The third-order valence-corrected chi connectivity index (χ3v) is 4.72. The number of carbonyl (C=O) groups excluding carboxylic acids is 1. The minimum Gasteiger partial charge on any atom is -0.444 e. The molecule has 0 radical (unpaired) electrons. The topological polar surface area (TPSA) is 58.2 Å². The first kappa shape index (κ1) is 23.0. The fourth-order valence-corrected chi connectivity index (χ4v) is 3.39. The predicted molar refractivity (Wildman–Crippen MR) is 98.9 cm³/mol. The van der Waals surface area contributed by atoms with Crippen molar-refractivity contribution < 1.29 is 35.9 Å². The molecular weight excluding hydrogens is 428 g/mol. The molecular formula is C20H21F6N3O2. The number of nitrogens with one attached hydrogen (secondary N) is 1. The molecule has 0 aliphatic carbocycles. The van der Waals surface area contributed by atoms with Crippen molar-refractivity contribution in [3.05, 3.63) is 41.1 Å². The Kier molecular flexibility index (Phi) is 5.74. The summed E-state index contributed by atoms with van der Waals surface area (Å²) in [5.41, 5.74) is -3.55. The smallest absolute Gasteiger partial charge is 0.416 e. The predicted octanol–water partition coefficient (Wildman–Crippen LogP) is 6.19. The minimum absolute atomic E-state index is 0.0677. The summed E-state index contributed by atoms with van der Waals surface area (Å²) in [4.78, 5) is 13.9.